The van der Waals surface area contributed by atoms with E-state index in [2.05, 4.69) is 20.8 Å². The Bertz CT molecular complexity index is 536. The minimum Gasteiger partial charge on any atom is -0.331 e. The Hall–Kier alpha value is -1.89. The van der Waals surface area contributed by atoms with Gasteiger partial charge in [-0.05, 0) is 25.3 Å². The van der Waals surface area contributed by atoms with Crippen molar-refractivity contribution < 1.29 is 4.79 Å². The number of carbonyl (C=O) groups excluding carboxylic acids is 1. The normalized spacial score (nSPS) is 13.8. The van der Waals surface area contributed by atoms with Gasteiger partial charge in [-0.1, -0.05) is 6.07 Å². The topological polar surface area (TPSA) is 71.8 Å². The molecule has 0 aromatic carbocycles. The number of nitrogens with zero attached hydrogens (tertiary/aromatic N) is 3. The molecule has 102 valence electrons. The zero-order chi connectivity index (χ0) is 13.8. The van der Waals surface area contributed by atoms with Crippen LogP contribution in [0.15, 0.2) is 23.8 Å². The van der Waals surface area contributed by atoms with Crippen molar-refractivity contribution in [2.75, 3.05) is 0 Å². The van der Waals surface area contributed by atoms with Gasteiger partial charge in [0.05, 0.1) is 12.1 Å². The summed E-state index contributed by atoms with van der Waals surface area (Å²) in [6.45, 7) is 3.83. The lowest BCUT2D eigenvalue weighted by Crippen LogP contribution is -2.38. The molecule has 2 aromatic heterocycles. The Morgan fingerprint density at radius 1 is 1.37 bits per heavy atom. The van der Waals surface area contributed by atoms with Gasteiger partial charge in [0.1, 0.15) is 6.33 Å². The molecule has 0 bridgehead atoms. The van der Waals surface area contributed by atoms with Gasteiger partial charge < -0.3 is 15.2 Å². The highest BCUT2D eigenvalue weighted by molar-refractivity contribution is 7.10. The van der Waals surface area contributed by atoms with Crippen LogP contribution in [0.4, 0.5) is 4.79 Å². The van der Waals surface area contributed by atoms with Gasteiger partial charge in [-0.2, -0.15) is 0 Å². The van der Waals surface area contributed by atoms with Crippen molar-refractivity contribution in [2.45, 2.75) is 25.9 Å². The highest BCUT2D eigenvalue weighted by Gasteiger charge is 2.16. The maximum Gasteiger partial charge on any atom is 0.315 e. The van der Waals surface area contributed by atoms with Crippen molar-refractivity contribution in [3.63, 3.8) is 0 Å². The molecule has 2 amide bonds. The molecule has 2 atom stereocenters. The number of hydrogen-bond acceptors (Lipinski definition) is 4. The smallest absolute Gasteiger partial charge is 0.315 e. The second-order valence-corrected chi connectivity index (χ2v) is 5.36. The van der Waals surface area contributed by atoms with Gasteiger partial charge in [-0.25, -0.2) is 4.79 Å². The van der Waals surface area contributed by atoms with E-state index >= 15 is 0 Å². The van der Waals surface area contributed by atoms with Gasteiger partial charge in [0.2, 0.25) is 0 Å². The highest BCUT2D eigenvalue weighted by Crippen LogP contribution is 2.18. The average molecular weight is 279 g/mol. The van der Waals surface area contributed by atoms with Crippen molar-refractivity contribution >= 4 is 17.4 Å². The number of rotatable bonds is 4. The number of thiophene rings is 1. The summed E-state index contributed by atoms with van der Waals surface area (Å²) in [6, 6.07) is 3.56. The average Bonchev–Trinajstić information content (AvgIpc) is 2.98. The third kappa shape index (κ3) is 3.31. The molecule has 2 N–H and O–H groups in total. The van der Waals surface area contributed by atoms with E-state index < -0.39 is 0 Å². The van der Waals surface area contributed by atoms with Crippen molar-refractivity contribution in [1.29, 1.82) is 0 Å². The SMILES string of the molecule is C[C@H](NC(=O)N[C@H](C)c1cccs1)c1nncn1C. The summed E-state index contributed by atoms with van der Waals surface area (Å²) in [5, 5.41) is 15.5. The third-order valence-electron chi connectivity index (χ3n) is 2.80. The van der Waals surface area contributed by atoms with Crippen LogP contribution in [-0.2, 0) is 7.05 Å². The number of carbonyl (C=O) groups is 1. The van der Waals surface area contributed by atoms with Crippen LogP contribution in [0, 0.1) is 0 Å². The van der Waals surface area contributed by atoms with Crippen LogP contribution in [0.3, 0.4) is 0 Å². The molecule has 6 nitrogen and oxygen atoms in total. The molecule has 0 aliphatic heterocycles. The molecule has 0 unspecified atom stereocenters. The van der Waals surface area contributed by atoms with Crippen LogP contribution in [-0.4, -0.2) is 20.8 Å². The Labute approximate surface area is 115 Å². The first-order valence-corrected chi connectivity index (χ1v) is 6.90. The van der Waals surface area contributed by atoms with E-state index in [1.807, 2.05) is 38.4 Å². The van der Waals surface area contributed by atoms with E-state index in [4.69, 9.17) is 0 Å². The number of urea groups is 1. The molecule has 2 heterocycles. The summed E-state index contributed by atoms with van der Waals surface area (Å²) >= 11 is 1.62. The summed E-state index contributed by atoms with van der Waals surface area (Å²) < 4.78 is 1.79. The number of nitrogens with one attached hydrogen (secondary N) is 2. The molecule has 7 heteroatoms. The zero-order valence-corrected chi connectivity index (χ0v) is 11.9. The molecule has 0 aliphatic rings. The monoisotopic (exact) mass is 279 g/mol. The maximum absolute atomic E-state index is 11.9. The largest absolute Gasteiger partial charge is 0.331 e. The molecule has 0 saturated carbocycles. The molecule has 0 fully saturated rings. The minimum atomic E-state index is -0.212. The molecular formula is C12H17N5OS. The molecule has 2 rings (SSSR count). The molecule has 2 aromatic rings. The van der Waals surface area contributed by atoms with Crippen molar-refractivity contribution in [1.82, 2.24) is 25.4 Å². The predicted octanol–water partition coefficient (Wildman–Crippen LogP) is 2.00. The first kappa shape index (κ1) is 13.5. The van der Waals surface area contributed by atoms with Gasteiger partial charge in [-0.15, -0.1) is 21.5 Å². The standard InChI is InChI=1S/C12H17N5OS/c1-8(10-5-4-6-19-10)14-12(18)15-9(2)11-16-13-7-17(11)3/h4-9H,1-3H3,(H2,14,15,18)/t8-,9+/m1/s1. The van der Waals surface area contributed by atoms with Gasteiger partial charge in [-0.3, -0.25) is 0 Å². The van der Waals surface area contributed by atoms with Crippen LogP contribution in [0.25, 0.3) is 0 Å². The van der Waals surface area contributed by atoms with Crippen LogP contribution in [0.5, 0.6) is 0 Å². The predicted molar refractivity (Wildman–Crippen MR) is 73.8 cm³/mol. The van der Waals surface area contributed by atoms with E-state index in [1.54, 1.807) is 22.2 Å². The number of aryl methyl sites for hydroxylation is 1. The highest BCUT2D eigenvalue weighted by atomic mass is 32.1. The maximum atomic E-state index is 11.9. The van der Waals surface area contributed by atoms with Crippen molar-refractivity contribution in [2.24, 2.45) is 7.05 Å². The lowest BCUT2D eigenvalue weighted by molar-refractivity contribution is 0.234. The molecule has 0 saturated heterocycles. The number of amides is 2. The van der Waals surface area contributed by atoms with E-state index in [9.17, 15) is 4.79 Å². The Balaban J connectivity index is 1.89. The summed E-state index contributed by atoms with van der Waals surface area (Å²) in [5.74, 6) is 0.721. The summed E-state index contributed by atoms with van der Waals surface area (Å²) in [7, 11) is 1.85. The number of hydrogen-bond donors (Lipinski definition) is 2. The summed E-state index contributed by atoms with van der Waals surface area (Å²) in [5.41, 5.74) is 0. The molecule has 19 heavy (non-hydrogen) atoms. The molecular weight excluding hydrogens is 262 g/mol. The summed E-state index contributed by atoms with van der Waals surface area (Å²) in [6.07, 6.45) is 1.61. The lowest BCUT2D eigenvalue weighted by atomic mass is 10.3. The molecule has 0 aliphatic carbocycles. The van der Waals surface area contributed by atoms with E-state index in [0.29, 0.717) is 0 Å². The van der Waals surface area contributed by atoms with Crippen LogP contribution in [0.2, 0.25) is 0 Å². The first-order chi connectivity index (χ1) is 9.08. The van der Waals surface area contributed by atoms with E-state index in [-0.39, 0.29) is 18.1 Å². The van der Waals surface area contributed by atoms with Gasteiger partial charge in [0.25, 0.3) is 0 Å². The Morgan fingerprint density at radius 3 is 2.68 bits per heavy atom. The minimum absolute atomic E-state index is 0.00769. The quantitative estimate of drug-likeness (QED) is 0.899. The van der Waals surface area contributed by atoms with E-state index in [0.717, 1.165) is 10.7 Å². The van der Waals surface area contributed by atoms with Crippen molar-refractivity contribution in [3.05, 3.63) is 34.5 Å². The molecule has 0 radical (unpaired) electrons. The summed E-state index contributed by atoms with van der Waals surface area (Å²) in [4.78, 5) is 13.0. The molecule has 0 spiro atoms. The fraction of sp³-hybridized carbons (Fsp3) is 0.417. The fourth-order valence-corrected chi connectivity index (χ4v) is 2.53. The van der Waals surface area contributed by atoms with Gasteiger partial charge in [0.15, 0.2) is 5.82 Å². The van der Waals surface area contributed by atoms with E-state index in [1.165, 1.54) is 0 Å². The van der Waals surface area contributed by atoms with Crippen LogP contribution < -0.4 is 10.6 Å². The van der Waals surface area contributed by atoms with Crippen molar-refractivity contribution in [3.8, 4) is 0 Å². The Kier molecular flexibility index (Phi) is 4.16. The Morgan fingerprint density at radius 2 is 2.11 bits per heavy atom. The number of aromatic nitrogens is 3. The van der Waals surface area contributed by atoms with Crippen LogP contribution >= 0.6 is 11.3 Å². The fourth-order valence-electron chi connectivity index (χ4n) is 1.79. The second-order valence-electron chi connectivity index (χ2n) is 4.38. The van der Waals surface area contributed by atoms with Gasteiger partial charge >= 0.3 is 6.03 Å². The van der Waals surface area contributed by atoms with Crippen LogP contribution in [0.1, 0.15) is 36.6 Å². The van der Waals surface area contributed by atoms with Gasteiger partial charge in [0, 0.05) is 11.9 Å². The lowest BCUT2D eigenvalue weighted by Gasteiger charge is -2.17. The second kappa shape index (κ2) is 5.83. The first-order valence-electron chi connectivity index (χ1n) is 6.02. The zero-order valence-electron chi connectivity index (χ0n) is 11.1. The third-order valence-corrected chi connectivity index (χ3v) is 3.85.